The summed E-state index contributed by atoms with van der Waals surface area (Å²) in [7, 11) is 1.60. The average Bonchev–Trinajstić information content (AvgIpc) is 2.93. The minimum atomic E-state index is -0.535. The Balaban J connectivity index is 1.41. The van der Waals surface area contributed by atoms with Crippen LogP contribution in [0.15, 0.2) is 54.9 Å². The zero-order valence-corrected chi connectivity index (χ0v) is 20.9. The molecule has 0 saturated carbocycles. The molecule has 4 aromatic rings. The third kappa shape index (κ3) is 5.46. The molecule has 0 radical (unpaired) electrons. The van der Waals surface area contributed by atoms with Gasteiger partial charge in [0.25, 0.3) is 5.91 Å². The number of ether oxygens (including phenoxy) is 3. The number of carbonyl (C=O) groups excluding carboxylic acids is 1. The van der Waals surface area contributed by atoms with Crippen LogP contribution >= 0.6 is 0 Å². The fraction of sp³-hybridized carbons (Fsp3) is 0.286. The highest BCUT2D eigenvalue weighted by Crippen LogP contribution is 2.31. The smallest absolute Gasteiger partial charge is 0.251 e. The van der Waals surface area contributed by atoms with E-state index < -0.39 is 5.91 Å². The number of anilines is 1. The average molecular weight is 500 g/mol. The van der Waals surface area contributed by atoms with Crippen molar-refractivity contribution in [1.82, 2.24) is 15.0 Å². The van der Waals surface area contributed by atoms with E-state index >= 15 is 0 Å². The number of carbonyl (C=O) groups is 1. The van der Waals surface area contributed by atoms with Crippen molar-refractivity contribution < 1.29 is 19.0 Å². The standard InChI is InChI=1S/C28H29N5O4/c1-18-3-4-20(15-30-18)17-37-23-8-5-19(14-24(23)35-2)13-21-6-7-22-27(26(21)28(29)34)32-25(16-31-22)33-9-11-36-12-10-33/h3-8,14-16H,9-13,17H2,1-2H3,(H2,29,34). The number of nitrogens with two attached hydrogens (primary N) is 1. The summed E-state index contributed by atoms with van der Waals surface area (Å²) in [6, 6.07) is 13.4. The molecule has 2 aromatic heterocycles. The molecule has 2 N–H and O–H groups in total. The van der Waals surface area contributed by atoms with Crippen LogP contribution in [0, 0.1) is 6.92 Å². The third-order valence-electron chi connectivity index (χ3n) is 6.36. The fourth-order valence-corrected chi connectivity index (χ4v) is 4.38. The van der Waals surface area contributed by atoms with E-state index in [9.17, 15) is 4.79 Å². The maximum absolute atomic E-state index is 12.6. The second kappa shape index (κ2) is 10.8. The molecule has 1 saturated heterocycles. The van der Waals surface area contributed by atoms with Crippen molar-refractivity contribution in [3.8, 4) is 11.5 Å². The lowest BCUT2D eigenvalue weighted by Crippen LogP contribution is -2.36. The van der Waals surface area contributed by atoms with Crippen LogP contribution in [0.3, 0.4) is 0 Å². The Kier molecular flexibility index (Phi) is 7.14. The van der Waals surface area contributed by atoms with Gasteiger partial charge in [-0.2, -0.15) is 0 Å². The zero-order valence-electron chi connectivity index (χ0n) is 20.9. The number of primary amides is 1. The Morgan fingerprint density at radius 3 is 2.57 bits per heavy atom. The third-order valence-corrected chi connectivity index (χ3v) is 6.36. The van der Waals surface area contributed by atoms with Gasteiger partial charge in [-0.15, -0.1) is 0 Å². The van der Waals surface area contributed by atoms with Gasteiger partial charge in [0, 0.05) is 30.5 Å². The van der Waals surface area contributed by atoms with Crippen molar-refractivity contribution >= 4 is 22.8 Å². The van der Waals surface area contributed by atoms with Crippen LogP contribution in [0.25, 0.3) is 11.0 Å². The quantitative estimate of drug-likeness (QED) is 0.392. The predicted molar refractivity (Wildman–Crippen MR) is 140 cm³/mol. The predicted octanol–water partition coefficient (Wildman–Crippen LogP) is 3.45. The number of hydrogen-bond acceptors (Lipinski definition) is 8. The summed E-state index contributed by atoms with van der Waals surface area (Å²) < 4.78 is 17.0. The van der Waals surface area contributed by atoms with Gasteiger partial charge in [0.15, 0.2) is 11.5 Å². The van der Waals surface area contributed by atoms with Crippen LogP contribution in [0.4, 0.5) is 5.82 Å². The summed E-state index contributed by atoms with van der Waals surface area (Å²) in [4.78, 5) is 28.3. The summed E-state index contributed by atoms with van der Waals surface area (Å²) in [5, 5.41) is 0. The highest BCUT2D eigenvalue weighted by molar-refractivity contribution is 6.05. The van der Waals surface area contributed by atoms with Crippen molar-refractivity contribution in [3.63, 3.8) is 0 Å². The van der Waals surface area contributed by atoms with Gasteiger partial charge >= 0.3 is 0 Å². The fourth-order valence-electron chi connectivity index (χ4n) is 4.38. The van der Waals surface area contributed by atoms with Crippen molar-refractivity contribution in [1.29, 1.82) is 0 Å². The van der Waals surface area contributed by atoms with Gasteiger partial charge in [-0.1, -0.05) is 18.2 Å². The second-order valence-corrected chi connectivity index (χ2v) is 8.92. The maximum atomic E-state index is 12.6. The van der Waals surface area contributed by atoms with E-state index in [1.54, 1.807) is 19.5 Å². The number of hydrogen-bond donors (Lipinski definition) is 1. The van der Waals surface area contributed by atoms with Crippen LogP contribution in [-0.2, 0) is 17.8 Å². The second-order valence-electron chi connectivity index (χ2n) is 8.92. The molecule has 0 unspecified atom stereocenters. The van der Waals surface area contributed by atoms with Crippen LogP contribution in [0.2, 0.25) is 0 Å². The minimum absolute atomic E-state index is 0.379. The van der Waals surface area contributed by atoms with Crippen LogP contribution in [0.1, 0.15) is 32.7 Å². The first kappa shape index (κ1) is 24.5. The Morgan fingerprint density at radius 2 is 1.84 bits per heavy atom. The summed E-state index contributed by atoms with van der Waals surface area (Å²) in [5.41, 5.74) is 11.0. The monoisotopic (exact) mass is 499 g/mol. The summed E-state index contributed by atoms with van der Waals surface area (Å²) in [6.07, 6.45) is 4.00. The molecule has 0 atom stereocenters. The number of nitrogens with zero attached hydrogens (tertiary/aromatic N) is 4. The zero-order chi connectivity index (χ0) is 25.8. The lowest BCUT2D eigenvalue weighted by atomic mass is 9.97. The summed E-state index contributed by atoms with van der Waals surface area (Å²) in [5.74, 6) is 1.41. The summed E-state index contributed by atoms with van der Waals surface area (Å²) >= 11 is 0. The molecular formula is C28H29N5O4. The molecule has 1 fully saturated rings. The molecule has 1 amide bonds. The molecule has 1 aliphatic rings. The van der Waals surface area contributed by atoms with E-state index in [0.29, 0.717) is 60.2 Å². The number of morpholine rings is 1. The van der Waals surface area contributed by atoms with E-state index in [2.05, 4.69) is 14.9 Å². The number of amides is 1. The Hall–Kier alpha value is -4.24. The first-order chi connectivity index (χ1) is 18.0. The number of rotatable bonds is 8. The highest BCUT2D eigenvalue weighted by atomic mass is 16.5. The number of pyridine rings is 1. The highest BCUT2D eigenvalue weighted by Gasteiger charge is 2.19. The molecule has 0 bridgehead atoms. The van der Waals surface area contributed by atoms with Gasteiger partial charge in [-0.25, -0.2) is 4.98 Å². The van der Waals surface area contributed by atoms with Gasteiger partial charge < -0.3 is 24.8 Å². The maximum Gasteiger partial charge on any atom is 0.251 e. The van der Waals surface area contributed by atoms with E-state index in [1.807, 2.05) is 49.4 Å². The number of benzene rings is 2. The van der Waals surface area contributed by atoms with Crippen LogP contribution in [0.5, 0.6) is 11.5 Å². The molecule has 1 aliphatic heterocycles. The van der Waals surface area contributed by atoms with Crippen molar-refractivity contribution in [2.24, 2.45) is 5.73 Å². The van der Waals surface area contributed by atoms with Gasteiger partial charge in [0.1, 0.15) is 17.9 Å². The first-order valence-electron chi connectivity index (χ1n) is 12.1. The number of aromatic nitrogens is 3. The topological polar surface area (TPSA) is 113 Å². The molecular weight excluding hydrogens is 470 g/mol. The van der Waals surface area contributed by atoms with Crippen LogP contribution in [-0.4, -0.2) is 54.3 Å². The van der Waals surface area contributed by atoms with Gasteiger partial charge in [0.05, 0.1) is 37.6 Å². The molecule has 0 aliphatic carbocycles. The lowest BCUT2D eigenvalue weighted by molar-refractivity contribution is 0.100. The van der Waals surface area contributed by atoms with Crippen molar-refractivity contribution in [3.05, 3.63) is 82.8 Å². The van der Waals surface area contributed by atoms with Crippen LogP contribution < -0.4 is 20.1 Å². The molecule has 190 valence electrons. The Labute approximate surface area is 215 Å². The molecule has 37 heavy (non-hydrogen) atoms. The Bertz CT molecular complexity index is 1420. The molecule has 2 aromatic carbocycles. The summed E-state index contributed by atoms with van der Waals surface area (Å²) in [6.45, 7) is 5.03. The molecule has 3 heterocycles. The Morgan fingerprint density at radius 1 is 1.03 bits per heavy atom. The van der Waals surface area contributed by atoms with Gasteiger partial charge in [-0.3, -0.25) is 14.8 Å². The van der Waals surface area contributed by atoms with E-state index in [0.717, 1.165) is 35.5 Å². The minimum Gasteiger partial charge on any atom is -0.493 e. The van der Waals surface area contributed by atoms with Gasteiger partial charge in [0.2, 0.25) is 0 Å². The van der Waals surface area contributed by atoms with E-state index in [4.69, 9.17) is 24.9 Å². The SMILES string of the molecule is COc1cc(Cc2ccc3ncc(N4CCOCC4)nc3c2C(N)=O)ccc1OCc1ccc(C)nc1. The molecule has 5 rings (SSSR count). The van der Waals surface area contributed by atoms with E-state index in [-0.39, 0.29) is 0 Å². The largest absolute Gasteiger partial charge is 0.493 e. The first-order valence-corrected chi connectivity index (χ1v) is 12.1. The van der Waals surface area contributed by atoms with Gasteiger partial charge in [-0.05, 0) is 48.7 Å². The number of fused-ring (bicyclic) bond motifs is 1. The normalized spacial score (nSPS) is 13.5. The molecule has 0 spiro atoms. The number of methoxy groups -OCH3 is 1. The van der Waals surface area contributed by atoms with Crippen molar-refractivity contribution in [2.45, 2.75) is 20.0 Å². The van der Waals surface area contributed by atoms with Crippen molar-refractivity contribution in [2.75, 3.05) is 38.3 Å². The molecule has 9 nitrogen and oxygen atoms in total. The molecule has 9 heteroatoms. The van der Waals surface area contributed by atoms with E-state index in [1.165, 1.54) is 0 Å². The lowest BCUT2D eigenvalue weighted by Gasteiger charge is -2.27. The number of aryl methyl sites for hydroxylation is 1.